The third kappa shape index (κ3) is 11.4. The van der Waals surface area contributed by atoms with E-state index in [-0.39, 0.29) is 0 Å². The first-order chi connectivity index (χ1) is 7.46. The van der Waals surface area contributed by atoms with Crippen molar-refractivity contribution in [1.82, 2.24) is 4.23 Å². The molecule has 0 saturated heterocycles. The highest BCUT2D eigenvalue weighted by Crippen LogP contribution is 2.19. The summed E-state index contributed by atoms with van der Waals surface area (Å²) in [6.45, 7) is 22.4. The average molecular weight is 294 g/mol. The zero-order valence-corrected chi connectivity index (χ0v) is 17.8. The minimum Gasteiger partial charge on any atom is -0.426 e. The first-order valence-corrected chi connectivity index (χ1v) is 14.5. The molecule has 5 heteroatoms. The van der Waals surface area contributed by atoms with Crippen molar-refractivity contribution >= 4 is 27.0 Å². The van der Waals surface area contributed by atoms with E-state index < -0.39 is 16.5 Å². The Morgan fingerprint density at radius 3 is 1.35 bits per heavy atom. The van der Waals surface area contributed by atoms with Crippen LogP contribution in [0.4, 0.5) is 0 Å². The van der Waals surface area contributed by atoms with Gasteiger partial charge in [0.1, 0.15) is 27.0 Å². The summed E-state index contributed by atoms with van der Waals surface area (Å²) in [4.78, 5) is 0. The molecule has 0 rings (SSSR count). The highest BCUT2D eigenvalue weighted by Gasteiger charge is 2.33. The molecule has 0 amide bonds. The summed E-state index contributed by atoms with van der Waals surface area (Å²) in [5.74, 6) is 0. The summed E-state index contributed by atoms with van der Waals surface area (Å²) < 4.78 is 7.72. The Kier molecular flexibility index (Phi) is 10.1. The van der Waals surface area contributed by atoms with Gasteiger partial charge in [-0.15, -0.1) is 0 Å². The van der Waals surface area contributed by atoms with Gasteiger partial charge in [-0.05, 0) is 26.8 Å². The Hall–Kier alpha value is 0.571. The van der Waals surface area contributed by atoms with Crippen molar-refractivity contribution < 1.29 is 4.43 Å². The summed E-state index contributed by atoms with van der Waals surface area (Å²) in [5, 5.41) is 0. The molecule has 2 nitrogen and oxygen atoms in total. The van der Waals surface area contributed by atoms with Gasteiger partial charge < -0.3 is 8.66 Å². The van der Waals surface area contributed by atoms with E-state index >= 15 is 0 Å². The molecule has 0 atom stereocenters. The van der Waals surface area contributed by atoms with Crippen LogP contribution in [0.2, 0.25) is 39.3 Å². The van der Waals surface area contributed by atoms with Crippen LogP contribution in [0.1, 0.15) is 27.2 Å². The van der Waals surface area contributed by atoms with Gasteiger partial charge in [-0.1, -0.05) is 46.2 Å². The molecular formula is C12H35NOSi3. The molecule has 0 aliphatic rings. The smallest absolute Gasteiger partial charge is 0.146 e. The summed E-state index contributed by atoms with van der Waals surface area (Å²) in [5.41, 5.74) is 0. The van der Waals surface area contributed by atoms with Crippen molar-refractivity contribution in [2.75, 3.05) is 6.54 Å². The number of hydrogen-bond donors (Lipinski definition) is 0. The molecule has 0 fully saturated rings. The molecule has 17 heavy (non-hydrogen) atoms. The first-order valence-electron chi connectivity index (χ1n) is 6.77. The summed E-state index contributed by atoms with van der Waals surface area (Å²) in [7, 11) is -1.22. The van der Waals surface area contributed by atoms with Crippen LogP contribution >= 0.6 is 0 Å². The number of rotatable bonds is 5. The molecule has 0 aliphatic heterocycles. The molecule has 0 aliphatic carbocycles. The number of hydrogen-bond acceptors (Lipinski definition) is 2. The predicted molar refractivity (Wildman–Crippen MR) is 89.8 cm³/mol. The van der Waals surface area contributed by atoms with Gasteiger partial charge in [0.25, 0.3) is 0 Å². The van der Waals surface area contributed by atoms with Crippen LogP contribution in [0.3, 0.4) is 0 Å². The molecule has 0 heterocycles. The fourth-order valence-electron chi connectivity index (χ4n) is 1.90. The Labute approximate surface area is 115 Å². The van der Waals surface area contributed by atoms with Gasteiger partial charge in [-0.3, -0.25) is 0 Å². The maximum atomic E-state index is 4.89. The lowest BCUT2D eigenvalue weighted by atomic mass is 10.5. The maximum absolute atomic E-state index is 4.89. The largest absolute Gasteiger partial charge is 0.426 e. The zero-order valence-electron chi connectivity index (χ0n) is 13.8. The Morgan fingerprint density at radius 2 is 1.29 bits per heavy atom. The second-order valence-corrected chi connectivity index (χ2v) is 17.5. The van der Waals surface area contributed by atoms with E-state index in [0.717, 1.165) is 10.5 Å². The van der Waals surface area contributed by atoms with Crippen LogP contribution in [0, 0.1) is 0 Å². The predicted octanol–water partition coefficient (Wildman–Crippen LogP) is 3.06. The molecule has 106 valence electrons. The highest BCUT2D eigenvalue weighted by atomic mass is 28.4. The van der Waals surface area contributed by atoms with E-state index in [1.807, 2.05) is 13.8 Å². The van der Waals surface area contributed by atoms with Crippen molar-refractivity contribution in [3.63, 3.8) is 0 Å². The van der Waals surface area contributed by atoms with Crippen molar-refractivity contribution in [2.45, 2.75) is 72.6 Å². The molecular weight excluding hydrogens is 258 g/mol. The quantitative estimate of drug-likeness (QED) is 0.722. The van der Waals surface area contributed by atoms with Crippen molar-refractivity contribution in [1.29, 1.82) is 0 Å². The third-order valence-electron chi connectivity index (χ3n) is 2.54. The Morgan fingerprint density at radius 1 is 1.00 bits per heavy atom. The van der Waals surface area contributed by atoms with Crippen LogP contribution in [0.5, 0.6) is 0 Å². The molecule has 0 unspecified atom stereocenters. The summed E-state index contributed by atoms with van der Waals surface area (Å²) in [6, 6.07) is 0. The van der Waals surface area contributed by atoms with Crippen LogP contribution in [0.25, 0.3) is 0 Å². The fraction of sp³-hybridized carbons (Fsp3) is 1.00. The lowest BCUT2D eigenvalue weighted by Gasteiger charge is -2.43. The van der Waals surface area contributed by atoms with Crippen LogP contribution in [-0.4, -0.2) is 43.8 Å². The average Bonchev–Trinajstić information content (AvgIpc) is 2.11. The summed E-state index contributed by atoms with van der Waals surface area (Å²) >= 11 is 0. The van der Waals surface area contributed by atoms with Crippen molar-refractivity contribution in [3.8, 4) is 0 Å². The Bertz CT molecular complexity index is 171. The van der Waals surface area contributed by atoms with Gasteiger partial charge in [0.05, 0.1) is 0 Å². The van der Waals surface area contributed by atoms with E-state index in [1.54, 1.807) is 0 Å². The molecule has 0 saturated carbocycles. The lowest BCUT2D eigenvalue weighted by Crippen LogP contribution is -2.59. The molecule has 0 N–H and O–H groups in total. The van der Waals surface area contributed by atoms with E-state index in [2.05, 4.69) is 50.4 Å². The van der Waals surface area contributed by atoms with Gasteiger partial charge in [0.2, 0.25) is 0 Å². The Balaban J connectivity index is 0. The van der Waals surface area contributed by atoms with E-state index in [0.29, 0.717) is 6.10 Å². The molecule has 0 spiro atoms. The van der Waals surface area contributed by atoms with Crippen molar-refractivity contribution in [3.05, 3.63) is 0 Å². The zero-order chi connectivity index (χ0) is 14.3. The highest BCUT2D eigenvalue weighted by molar-refractivity contribution is 6.89. The van der Waals surface area contributed by atoms with Crippen LogP contribution < -0.4 is 0 Å². The summed E-state index contributed by atoms with van der Waals surface area (Å²) in [6.07, 6.45) is 1.75. The standard InChI is InChI=1S/C9H25NSi2.C3H10OSi/c1-8-9-10(11(2,3)4)12(5,6)7;1-3(2)4-5/h8-9H2,1-7H3;3H,1-2,5H3. The van der Waals surface area contributed by atoms with E-state index in [1.165, 1.54) is 13.0 Å². The van der Waals surface area contributed by atoms with Gasteiger partial charge in [-0.2, -0.15) is 0 Å². The van der Waals surface area contributed by atoms with Gasteiger partial charge >= 0.3 is 0 Å². The fourth-order valence-corrected chi connectivity index (χ4v) is 11.7. The second-order valence-electron chi connectivity index (χ2n) is 6.78. The normalized spacial score (nSPS) is 12.9. The van der Waals surface area contributed by atoms with Crippen molar-refractivity contribution in [2.24, 2.45) is 0 Å². The van der Waals surface area contributed by atoms with Gasteiger partial charge in [0.15, 0.2) is 0 Å². The molecule has 0 aromatic carbocycles. The van der Waals surface area contributed by atoms with E-state index in [4.69, 9.17) is 4.43 Å². The van der Waals surface area contributed by atoms with Gasteiger partial charge in [-0.25, -0.2) is 0 Å². The van der Waals surface area contributed by atoms with Crippen LogP contribution in [0.15, 0.2) is 0 Å². The van der Waals surface area contributed by atoms with Crippen LogP contribution in [-0.2, 0) is 4.43 Å². The third-order valence-corrected chi connectivity index (χ3v) is 11.2. The first kappa shape index (κ1) is 19.9. The number of nitrogens with zero attached hydrogens (tertiary/aromatic N) is 1. The topological polar surface area (TPSA) is 12.5 Å². The second kappa shape index (κ2) is 8.63. The SMILES string of the molecule is CC(C)O[SiH3].CCCN([Si](C)(C)C)[Si](C)(C)C. The van der Waals surface area contributed by atoms with E-state index in [9.17, 15) is 0 Å². The molecule has 0 bridgehead atoms. The maximum Gasteiger partial charge on any atom is 0.146 e. The van der Waals surface area contributed by atoms with Gasteiger partial charge in [0, 0.05) is 6.10 Å². The molecule has 0 aromatic rings. The lowest BCUT2D eigenvalue weighted by molar-refractivity contribution is 0.267. The minimum absolute atomic E-state index is 0.446. The molecule has 0 radical (unpaired) electrons. The molecule has 0 aromatic heterocycles. The monoisotopic (exact) mass is 293 g/mol. The minimum atomic E-state index is -1.05.